The molecule has 2 aromatic rings. The molecule has 1 aliphatic heterocycles. The number of likely N-dealkylation sites (N-methyl/N-ethyl adjacent to an activating group) is 1. The summed E-state index contributed by atoms with van der Waals surface area (Å²) < 4.78 is 27.5. The number of aryl methyl sites for hydroxylation is 1. The Morgan fingerprint density at radius 2 is 1.71 bits per heavy atom. The molecule has 1 fully saturated rings. The summed E-state index contributed by atoms with van der Waals surface area (Å²) >= 11 is 0. The van der Waals surface area contributed by atoms with Gasteiger partial charge in [0.25, 0.3) is 5.91 Å². The number of nitrogens with zero attached hydrogens (tertiary/aromatic N) is 2. The fourth-order valence-electron chi connectivity index (χ4n) is 3.36. The summed E-state index contributed by atoms with van der Waals surface area (Å²) in [6.07, 6.45) is 0. The minimum absolute atomic E-state index is 0.205. The van der Waals surface area contributed by atoms with Crippen LogP contribution in [0.5, 0.6) is 0 Å². The summed E-state index contributed by atoms with van der Waals surface area (Å²) in [6.45, 7) is 9.29. The minimum Gasteiger partial charge on any atom is -0.322 e. The maximum atomic E-state index is 13.0. The van der Waals surface area contributed by atoms with E-state index >= 15 is 0 Å². The fourth-order valence-corrected chi connectivity index (χ4v) is 4.83. The van der Waals surface area contributed by atoms with E-state index in [0.717, 1.165) is 30.8 Å². The molecule has 0 spiro atoms. The van der Waals surface area contributed by atoms with Crippen molar-refractivity contribution in [3.05, 3.63) is 59.2 Å². The van der Waals surface area contributed by atoms with E-state index in [9.17, 15) is 13.2 Å². The maximum Gasteiger partial charge on any atom is 0.255 e. The Morgan fingerprint density at radius 1 is 1.04 bits per heavy atom. The lowest BCUT2D eigenvalue weighted by Gasteiger charge is -2.33. The topological polar surface area (TPSA) is 69.7 Å². The van der Waals surface area contributed by atoms with Gasteiger partial charge in [0.1, 0.15) is 0 Å². The van der Waals surface area contributed by atoms with Crippen molar-refractivity contribution in [1.29, 1.82) is 0 Å². The van der Waals surface area contributed by atoms with Crippen molar-refractivity contribution < 1.29 is 13.2 Å². The van der Waals surface area contributed by atoms with Gasteiger partial charge in [-0.25, -0.2) is 8.42 Å². The number of nitrogens with one attached hydrogen (secondary N) is 1. The molecule has 150 valence electrons. The number of anilines is 1. The molecule has 1 aliphatic rings. The molecule has 0 bridgehead atoms. The third-order valence-corrected chi connectivity index (χ3v) is 7.25. The standard InChI is InChI=1S/C21H27N3O3S/c1-4-23-11-13-24(14-12-23)28(26,27)19-9-6-8-18(15-19)22-21(25)20-10-5-7-16(2)17(20)3/h5-10,15H,4,11-14H2,1-3H3,(H,22,25). The van der Waals surface area contributed by atoms with E-state index in [1.54, 1.807) is 24.3 Å². The van der Waals surface area contributed by atoms with Gasteiger partial charge in [-0.15, -0.1) is 0 Å². The van der Waals surface area contributed by atoms with Gasteiger partial charge < -0.3 is 10.2 Å². The van der Waals surface area contributed by atoms with Crippen LogP contribution < -0.4 is 5.32 Å². The van der Waals surface area contributed by atoms with Crippen LogP contribution in [0, 0.1) is 13.8 Å². The Bertz CT molecular complexity index is 965. The van der Waals surface area contributed by atoms with Gasteiger partial charge in [-0.1, -0.05) is 25.1 Å². The molecule has 0 aliphatic carbocycles. The second-order valence-corrected chi connectivity index (χ2v) is 9.01. The summed E-state index contributed by atoms with van der Waals surface area (Å²) in [5.41, 5.74) is 3.01. The van der Waals surface area contributed by atoms with E-state index in [1.165, 1.54) is 10.4 Å². The molecule has 1 N–H and O–H groups in total. The largest absolute Gasteiger partial charge is 0.322 e. The highest BCUT2D eigenvalue weighted by Crippen LogP contribution is 2.22. The number of hydrogen-bond acceptors (Lipinski definition) is 4. The zero-order chi connectivity index (χ0) is 20.3. The number of carbonyl (C=O) groups is 1. The van der Waals surface area contributed by atoms with E-state index in [1.807, 2.05) is 26.0 Å². The quantitative estimate of drug-likeness (QED) is 0.836. The highest BCUT2D eigenvalue weighted by Gasteiger charge is 2.28. The summed E-state index contributed by atoms with van der Waals surface area (Å²) in [5, 5.41) is 2.83. The molecule has 0 saturated carbocycles. The van der Waals surface area contributed by atoms with Gasteiger partial charge in [0.05, 0.1) is 4.90 Å². The van der Waals surface area contributed by atoms with Crippen LogP contribution in [-0.2, 0) is 10.0 Å². The van der Waals surface area contributed by atoms with Gasteiger partial charge >= 0.3 is 0 Å². The Balaban J connectivity index is 1.78. The number of piperazine rings is 1. The van der Waals surface area contributed by atoms with Crippen molar-refractivity contribution in [2.24, 2.45) is 0 Å². The van der Waals surface area contributed by atoms with Crippen molar-refractivity contribution in [1.82, 2.24) is 9.21 Å². The van der Waals surface area contributed by atoms with Crippen LogP contribution in [0.25, 0.3) is 0 Å². The Hall–Kier alpha value is -2.22. The number of carbonyl (C=O) groups excluding carboxylic acids is 1. The second-order valence-electron chi connectivity index (χ2n) is 7.07. The molecule has 3 rings (SSSR count). The van der Waals surface area contributed by atoms with E-state index in [0.29, 0.717) is 24.3 Å². The average Bonchev–Trinajstić information content (AvgIpc) is 2.70. The Morgan fingerprint density at radius 3 is 2.39 bits per heavy atom. The average molecular weight is 402 g/mol. The van der Waals surface area contributed by atoms with E-state index < -0.39 is 10.0 Å². The molecule has 7 heteroatoms. The van der Waals surface area contributed by atoms with Crippen LogP contribution >= 0.6 is 0 Å². The van der Waals surface area contributed by atoms with Gasteiger partial charge in [-0.2, -0.15) is 4.31 Å². The van der Waals surface area contributed by atoms with Crippen molar-refractivity contribution in [3.63, 3.8) is 0 Å². The van der Waals surface area contributed by atoms with Crippen LogP contribution in [-0.4, -0.2) is 56.3 Å². The normalized spacial score (nSPS) is 16.1. The lowest BCUT2D eigenvalue weighted by atomic mass is 10.0. The molecule has 0 radical (unpaired) electrons. The van der Waals surface area contributed by atoms with Crippen LogP contribution in [0.2, 0.25) is 0 Å². The predicted octanol–water partition coefficient (Wildman–Crippen LogP) is 2.88. The monoisotopic (exact) mass is 401 g/mol. The molecule has 6 nitrogen and oxygen atoms in total. The number of sulfonamides is 1. The molecule has 0 aromatic heterocycles. The smallest absolute Gasteiger partial charge is 0.255 e. The van der Waals surface area contributed by atoms with Gasteiger partial charge in [0, 0.05) is 37.4 Å². The first-order valence-electron chi connectivity index (χ1n) is 9.53. The maximum absolute atomic E-state index is 13.0. The van der Waals surface area contributed by atoms with Crippen molar-refractivity contribution >= 4 is 21.6 Å². The van der Waals surface area contributed by atoms with Crippen LogP contribution in [0.1, 0.15) is 28.4 Å². The molecule has 1 heterocycles. The SMILES string of the molecule is CCN1CCN(S(=O)(=O)c2cccc(NC(=O)c3cccc(C)c3C)c2)CC1. The fraction of sp³-hybridized carbons (Fsp3) is 0.381. The van der Waals surface area contributed by atoms with Crippen LogP contribution in [0.15, 0.2) is 47.4 Å². The Kier molecular flexibility index (Phi) is 6.17. The first kappa shape index (κ1) is 20.5. The van der Waals surface area contributed by atoms with E-state index in [4.69, 9.17) is 0 Å². The number of rotatable bonds is 5. The van der Waals surface area contributed by atoms with Gasteiger partial charge in [-0.3, -0.25) is 4.79 Å². The highest BCUT2D eigenvalue weighted by atomic mass is 32.2. The molecule has 28 heavy (non-hydrogen) atoms. The van der Waals surface area contributed by atoms with Crippen LogP contribution in [0.4, 0.5) is 5.69 Å². The zero-order valence-electron chi connectivity index (χ0n) is 16.6. The molecular formula is C21H27N3O3S. The lowest BCUT2D eigenvalue weighted by Crippen LogP contribution is -2.48. The summed E-state index contributed by atoms with van der Waals surface area (Å²) in [7, 11) is -3.58. The third kappa shape index (κ3) is 4.27. The van der Waals surface area contributed by atoms with Crippen molar-refractivity contribution in [2.75, 3.05) is 38.0 Å². The number of benzene rings is 2. The molecule has 1 saturated heterocycles. The number of amides is 1. The van der Waals surface area contributed by atoms with E-state index in [2.05, 4.69) is 17.1 Å². The summed E-state index contributed by atoms with van der Waals surface area (Å²) in [4.78, 5) is 15.1. The highest BCUT2D eigenvalue weighted by molar-refractivity contribution is 7.89. The third-order valence-electron chi connectivity index (χ3n) is 5.36. The summed E-state index contributed by atoms with van der Waals surface area (Å²) in [5.74, 6) is -0.243. The minimum atomic E-state index is -3.58. The first-order chi connectivity index (χ1) is 13.3. The van der Waals surface area contributed by atoms with Gasteiger partial charge in [-0.05, 0) is 55.8 Å². The van der Waals surface area contributed by atoms with Crippen molar-refractivity contribution in [3.8, 4) is 0 Å². The van der Waals surface area contributed by atoms with E-state index in [-0.39, 0.29) is 10.8 Å². The zero-order valence-corrected chi connectivity index (χ0v) is 17.4. The molecular weight excluding hydrogens is 374 g/mol. The predicted molar refractivity (Wildman–Crippen MR) is 111 cm³/mol. The molecule has 1 amide bonds. The summed E-state index contributed by atoms with van der Waals surface area (Å²) in [6, 6.07) is 12.0. The van der Waals surface area contributed by atoms with Gasteiger partial charge in [0.2, 0.25) is 10.0 Å². The van der Waals surface area contributed by atoms with Gasteiger partial charge in [0.15, 0.2) is 0 Å². The van der Waals surface area contributed by atoms with Crippen LogP contribution in [0.3, 0.4) is 0 Å². The molecule has 2 aromatic carbocycles. The second kappa shape index (κ2) is 8.43. The lowest BCUT2D eigenvalue weighted by molar-refractivity contribution is 0.102. The first-order valence-corrected chi connectivity index (χ1v) is 11.0. The van der Waals surface area contributed by atoms with Crippen molar-refractivity contribution in [2.45, 2.75) is 25.7 Å². The Labute approximate surface area is 167 Å². The number of hydrogen-bond donors (Lipinski definition) is 1. The molecule has 0 atom stereocenters. The molecule has 0 unspecified atom stereocenters.